The Hall–Kier alpha value is -3.37. The van der Waals surface area contributed by atoms with E-state index < -0.39 is 0 Å². The van der Waals surface area contributed by atoms with Gasteiger partial charge in [-0.25, -0.2) is 0 Å². The van der Waals surface area contributed by atoms with Crippen LogP contribution in [0, 0.1) is 6.92 Å². The van der Waals surface area contributed by atoms with E-state index in [0.717, 1.165) is 36.6 Å². The summed E-state index contributed by atoms with van der Waals surface area (Å²) in [5.41, 5.74) is 7.25. The number of hydrogen-bond donors (Lipinski definition) is 1. The van der Waals surface area contributed by atoms with Crippen LogP contribution >= 0.6 is 0 Å². The molecule has 156 valence electrons. The number of nitrogens with one attached hydrogen (secondary N) is 1. The topological polar surface area (TPSA) is 41.1 Å². The average molecular weight is 410 g/mol. The molecule has 0 fully saturated rings. The smallest absolute Gasteiger partial charge is 0.118 e. The van der Waals surface area contributed by atoms with Crippen LogP contribution in [0.15, 0.2) is 72.8 Å². The van der Waals surface area contributed by atoms with Crippen LogP contribution < -0.4 is 4.74 Å². The predicted molar refractivity (Wildman–Crippen MR) is 126 cm³/mol. The van der Waals surface area contributed by atoms with Crippen LogP contribution in [-0.2, 0) is 6.42 Å². The van der Waals surface area contributed by atoms with Crippen molar-refractivity contribution in [1.82, 2.24) is 14.9 Å². The van der Waals surface area contributed by atoms with Gasteiger partial charge in [0.25, 0.3) is 0 Å². The Kier molecular flexibility index (Phi) is 5.31. The minimum atomic E-state index is 0.122. The lowest BCUT2D eigenvalue weighted by Gasteiger charge is -2.35. The standard InChI is InChI=1S/C27H27N3O/c1-19-7-5-11-25(28-19)27-26-23(22-9-3-4-10-24(22)29-26)16-18-30(27)17-6-8-20-12-14-21(31-2)15-13-20/h3-15,27,29H,16-18H2,1-2H3/b8-6+. The van der Waals surface area contributed by atoms with Gasteiger partial charge in [0.1, 0.15) is 5.75 Å². The molecule has 0 amide bonds. The maximum absolute atomic E-state index is 5.26. The van der Waals surface area contributed by atoms with E-state index in [1.807, 2.05) is 12.1 Å². The Balaban J connectivity index is 1.48. The molecule has 2 aromatic heterocycles. The van der Waals surface area contributed by atoms with Gasteiger partial charge in [-0.15, -0.1) is 0 Å². The number of methoxy groups -OCH3 is 1. The van der Waals surface area contributed by atoms with E-state index >= 15 is 0 Å². The summed E-state index contributed by atoms with van der Waals surface area (Å²) >= 11 is 0. The number of fused-ring (bicyclic) bond motifs is 3. The first kappa shape index (κ1) is 19.6. The first-order valence-corrected chi connectivity index (χ1v) is 10.8. The molecule has 31 heavy (non-hydrogen) atoms. The van der Waals surface area contributed by atoms with Crippen LogP contribution in [0.1, 0.15) is 34.3 Å². The fourth-order valence-corrected chi connectivity index (χ4v) is 4.58. The number of H-pyrrole nitrogens is 1. The number of aromatic nitrogens is 2. The molecule has 0 aliphatic carbocycles. The van der Waals surface area contributed by atoms with Crippen molar-refractivity contribution in [3.05, 3.63) is 101 Å². The molecular weight excluding hydrogens is 382 g/mol. The molecule has 1 atom stereocenters. The molecule has 0 radical (unpaired) electrons. The highest BCUT2D eigenvalue weighted by atomic mass is 16.5. The molecule has 1 aliphatic rings. The summed E-state index contributed by atoms with van der Waals surface area (Å²) in [6.45, 7) is 3.93. The van der Waals surface area contributed by atoms with Crippen molar-refractivity contribution in [3.63, 3.8) is 0 Å². The first-order chi connectivity index (χ1) is 15.2. The number of ether oxygens (including phenoxy) is 1. The summed E-state index contributed by atoms with van der Waals surface area (Å²) in [6, 6.07) is 23.2. The average Bonchev–Trinajstić information content (AvgIpc) is 3.18. The van der Waals surface area contributed by atoms with Crippen molar-refractivity contribution in [2.75, 3.05) is 20.2 Å². The first-order valence-electron chi connectivity index (χ1n) is 10.8. The van der Waals surface area contributed by atoms with Gasteiger partial charge < -0.3 is 9.72 Å². The Labute approximate surface area is 183 Å². The van der Waals surface area contributed by atoms with Gasteiger partial charge in [0, 0.05) is 35.4 Å². The van der Waals surface area contributed by atoms with Crippen LogP contribution in [0.25, 0.3) is 17.0 Å². The van der Waals surface area contributed by atoms with Gasteiger partial charge >= 0.3 is 0 Å². The van der Waals surface area contributed by atoms with Crippen molar-refractivity contribution in [2.24, 2.45) is 0 Å². The molecule has 4 heteroatoms. The Morgan fingerprint density at radius 2 is 1.90 bits per heavy atom. The van der Waals surface area contributed by atoms with Crippen molar-refractivity contribution >= 4 is 17.0 Å². The molecule has 4 aromatic rings. The van der Waals surface area contributed by atoms with E-state index in [1.165, 1.54) is 27.7 Å². The molecule has 4 nitrogen and oxygen atoms in total. The van der Waals surface area contributed by atoms with E-state index in [1.54, 1.807) is 7.11 Å². The largest absolute Gasteiger partial charge is 0.497 e. The number of nitrogens with zero attached hydrogens (tertiary/aromatic N) is 2. The molecule has 2 aromatic carbocycles. The molecule has 1 unspecified atom stereocenters. The van der Waals surface area contributed by atoms with Gasteiger partial charge in [0.2, 0.25) is 0 Å². The number of rotatable bonds is 5. The summed E-state index contributed by atoms with van der Waals surface area (Å²) in [5, 5.41) is 1.34. The lowest BCUT2D eigenvalue weighted by atomic mass is 9.94. The monoisotopic (exact) mass is 409 g/mol. The van der Waals surface area contributed by atoms with Crippen LogP contribution in [0.4, 0.5) is 0 Å². The van der Waals surface area contributed by atoms with E-state index in [9.17, 15) is 0 Å². The molecule has 0 bridgehead atoms. The highest BCUT2D eigenvalue weighted by molar-refractivity contribution is 5.85. The summed E-state index contributed by atoms with van der Waals surface area (Å²) in [5.74, 6) is 0.880. The minimum absolute atomic E-state index is 0.122. The van der Waals surface area contributed by atoms with Crippen LogP contribution in [0.5, 0.6) is 5.75 Å². The Morgan fingerprint density at radius 3 is 2.71 bits per heavy atom. The fraction of sp³-hybridized carbons (Fsp3) is 0.222. The second-order valence-corrected chi connectivity index (χ2v) is 8.09. The van der Waals surface area contributed by atoms with Crippen LogP contribution in [-0.4, -0.2) is 35.1 Å². The third-order valence-electron chi connectivity index (χ3n) is 6.09. The van der Waals surface area contributed by atoms with Gasteiger partial charge in [-0.05, 0) is 54.8 Å². The molecule has 5 rings (SSSR count). The zero-order valence-electron chi connectivity index (χ0n) is 18.0. The van der Waals surface area contributed by atoms with Gasteiger partial charge in [-0.1, -0.05) is 48.6 Å². The van der Waals surface area contributed by atoms with Gasteiger partial charge in [-0.2, -0.15) is 0 Å². The highest BCUT2D eigenvalue weighted by Crippen LogP contribution is 2.37. The van der Waals surface area contributed by atoms with Crippen LogP contribution in [0.2, 0.25) is 0 Å². The maximum atomic E-state index is 5.26. The predicted octanol–water partition coefficient (Wildman–Crippen LogP) is 5.54. The summed E-state index contributed by atoms with van der Waals surface area (Å²) in [6.07, 6.45) is 5.47. The van der Waals surface area contributed by atoms with Gasteiger partial charge in [-0.3, -0.25) is 9.88 Å². The van der Waals surface area contributed by atoms with Gasteiger partial charge in [0.15, 0.2) is 0 Å². The lowest BCUT2D eigenvalue weighted by Crippen LogP contribution is -2.36. The second-order valence-electron chi connectivity index (χ2n) is 8.09. The number of aromatic amines is 1. The molecule has 1 aliphatic heterocycles. The van der Waals surface area contributed by atoms with Crippen molar-refractivity contribution in [1.29, 1.82) is 0 Å². The molecule has 3 heterocycles. The number of para-hydroxylation sites is 1. The molecule has 0 saturated heterocycles. The Bertz CT molecular complexity index is 1220. The van der Waals surface area contributed by atoms with E-state index in [0.29, 0.717) is 0 Å². The number of hydrogen-bond acceptors (Lipinski definition) is 3. The summed E-state index contributed by atoms with van der Waals surface area (Å²) in [7, 11) is 1.69. The number of aryl methyl sites for hydroxylation is 1. The fourth-order valence-electron chi connectivity index (χ4n) is 4.58. The SMILES string of the molecule is COc1ccc(/C=C/CN2CCc3c([nH]c4ccccc34)C2c2cccc(C)n2)cc1. The maximum Gasteiger partial charge on any atom is 0.118 e. The number of benzene rings is 2. The highest BCUT2D eigenvalue weighted by Gasteiger charge is 2.31. The molecule has 0 spiro atoms. The van der Waals surface area contributed by atoms with Crippen molar-refractivity contribution in [3.8, 4) is 5.75 Å². The minimum Gasteiger partial charge on any atom is -0.497 e. The summed E-state index contributed by atoms with van der Waals surface area (Å²) < 4.78 is 5.26. The second kappa shape index (κ2) is 8.40. The zero-order chi connectivity index (χ0) is 21.2. The normalized spacial score (nSPS) is 16.6. The molecular formula is C27H27N3O. The Morgan fingerprint density at radius 1 is 1.06 bits per heavy atom. The third-order valence-corrected chi connectivity index (χ3v) is 6.09. The van der Waals surface area contributed by atoms with E-state index in [2.05, 4.69) is 83.6 Å². The summed E-state index contributed by atoms with van der Waals surface area (Å²) in [4.78, 5) is 11.1. The number of pyridine rings is 1. The van der Waals surface area contributed by atoms with E-state index in [-0.39, 0.29) is 6.04 Å². The van der Waals surface area contributed by atoms with Gasteiger partial charge in [0.05, 0.1) is 18.8 Å². The van der Waals surface area contributed by atoms with Crippen molar-refractivity contribution in [2.45, 2.75) is 19.4 Å². The van der Waals surface area contributed by atoms with E-state index in [4.69, 9.17) is 9.72 Å². The lowest BCUT2D eigenvalue weighted by molar-refractivity contribution is 0.230. The quantitative estimate of drug-likeness (QED) is 0.470. The zero-order valence-corrected chi connectivity index (χ0v) is 18.0. The molecule has 0 saturated carbocycles. The molecule has 1 N–H and O–H groups in total. The van der Waals surface area contributed by atoms with Crippen LogP contribution in [0.3, 0.4) is 0 Å². The van der Waals surface area contributed by atoms with Crippen molar-refractivity contribution < 1.29 is 4.74 Å². The third kappa shape index (κ3) is 3.87.